The molecule has 1 aliphatic carbocycles. The molecule has 0 spiro atoms. The number of nitrogens with one attached hydrogen (secondary N) is 2. The zero-order valence-electron chi connectivity index (χ0n) is 9.87. The van der Waals surface area contributed by atoms with Crippen molar-refractivity contribution >= 4 is 33.6 Å². The molecular formula is C12H12BrFN2O3. The van der Waals surface area contributed by atoms with Crippen molar-refractivity contribution in [3.63, 3.8) is 0 Å². The summed E-state index contributed by atoms with van der Waals surface area (Å²) in [5, 5.41) is 13.7. The molecule has 0 atom stereocenters. The first-order chi connectivity index (χ1) is 8.93. The maximum absolute atomic E-state index is 13.4. The molecule has 0 aliphatic heterocycles. The maximum Gasteiger partial charge on any atom is 0.319 e. The molecule has 0 radical (unpaired) electrons. The standard InChI is InChI=1S/C12H12BrFN2O3/c13-7-1-2-8(14)9(5-7)16-11(19)15-6-12(3-4-12)10(17)18/h1-2,5H,3-4,6H2,(H,17,18)(H2,15,16,19). The fourth-order valence-corrected chi connectivity index (χ4v) is 1.99. The van der Waals surface area contributed by atoms with Crippen LogP contribution < -0.4 is 10.6 Å². The second-order valence-electron chi connectivity index (χ2n) is 4.52. The largest absolute Gasteiger partial charge is 0.481 e. The molecule has 2 amide bonds. The topological polar surface area (TPSA) is 78.4 Å². The summed E-state index contributed by atoms with van der Waals surface area (Å²) in [6.07, 6.45) is 1.10. The third kappa shape index (κ3) is 3.23. The van der Waals surface area contributed by atoms with Gasteiger partial charge in [0, 0.05) is 11.0 Å². The van der Waals surface area contributed by atoms with Gasteiger partial charge >= 0.3 is 12.0 Å². The zero-order valence-corrected chi connectivity index (χ0v) is 11.5. The molecule has 102 valence electrons. The van der Waals surface area contributed by atoms with Crippen molar-refractivity contribution < 1.29 is 19.1 Å². The van der Waals surface area contributed by atoms with E-state index in [1.165, 1.54) is 18.2 Å². The molecule has 1 aromatic rings. The summed E-state index contributed by atoms with van der Waals surface area (Å²) in [7, 11) is 0. The lowest BCUT2D eigenvalue weighted by atomic mass is 10.1. The summed E-state index contributed by atoms with van der Waals surface area (Å²) >= 11 is 3.17. The minimum Gasteiger partial charge on any atom is -0.481 e. The Morgan fingerprint density at radius 2 is 2.11 bits per heavy atom. The van der Waals surface area contributed by atoms with Crippen LogP contribution in [0.3, 0.4) is 0 Å². The fourth-order valence-electron chi connectivity index (χ4n) is 1.63. The first-order valence-electron chi connectivity index (χ1n) is 5.66. The van der Waals surface area contributed by atoms with Crippen molar-refractivity contribution in [3.8, 4) is 0 Å². The Morgan fingerprint density at radius 1 is 1.42 bits per heavy atom. The molecule has 0 heterocycles. The van der Waals surface area contributed by atoms with E-state index in [1.807, 2.05) is 0 Å². The third-order valence-electron chi connectivity index (χ3n) is 3.07. The van der Waals surface area contributed by atoms with E-state index in [0.29, 0.717) is 17.3 Å². The van der Waals surface area contributed by atoms with Crippen molar-refractivity contribution in [2.45, 2.75) is 12.8 Å². The molecule has 3 N–H and O–H groups in total. The van der Waals surface area contributed by atoms with E-state index in [9.17, 15) is 14.0 Å². The lowest BCUT2D eigenvalue weighted by Crippen LogP contribution is -2.37. The highest BCUT2D eigenvalue weighted by molar-refractivity contribution is 9.10. The predicted octanol–water partition coefficient (Wildman–Crippen LogP) is 2.57. The van der Waals surface area contributed by atoms with Crippen molar-refractivity contribution in [3.05, 3.63) is 28.5 Å². The molecule has 0 bridgehead atoms. The minimum atomic E-state index is -0.915. The van der Waals surface area contributed by atoms with Gasteiger partial charge in [0.2, 0.25) is 0 Å². The first kappa shape index (κ1) is 13.8. The van der Waals surface area contributed by atoms with Gasteiger partial charge in [0.15, 0.2) is 0 Å². The number of carboxylic acids is 1. The molecule has 1 aromatic carbocycles. The molecule has 1 aliphatic rings. The number of halogens is 2. The van der Waals surface area contributed by atoms with E-state index in [-0.39, 0.29) is 12.2 Å². The van der Waals surface area contributed by atoms with Crippen molar-refractivity contribution in [1.82, 2.24) is 5.32 Å². The quantitative estimate of drug-likeness (QED) is 0.793. The summed E-state index contributed by atoms with van der Waals surface area (Å²) in [6.45, 7) is 0.0454. The van der Waals surface area contributed by atoms with Crippen LogP contribution >= 0.6 is 15.9 Å². The van der Waals surface area contributed by atoms with E-state index in [1.54, 1.807) is 0 Å². The Bertz CT molecular complexity index is 532. The van der Waals surface area contributed by atoms with Crippen molar-refractivity contribution in [2.24, 2.45) is 5.41 Å². The van der Waals surface area contributed by atoms with E-state index in [0.717, 1.165) is 0 Å². The van der Waals surface area contributed by atoms with Gasteiger partial charge in [-0.25, -0.2) is 9.18 Å². The number of hydrogen-bond acceptors (Lipinski definition) is 2. The van der Waals surface area contributed by atoms with Crippen LogP contribution in [0.1, 0.15) is 12.8 Å². The fraction of sp³-hybridized carbons (Fsp3) is 0.333. The summed E-state index contributed by atoms with van der Waals surface area (Å²) in [5.74, 6) is -1.47. The summed E-state index contributed by atoms with van der Waals surface area (Å²) in [4.78, 5) is 22.5. The van der Waals surface area contributed by atoms with E-state index < -0.39 is 23.2 Å². The van der Waals surface area contributed by atoms with Gasteiger partial charge in [-0.3, -0.25) is 4.79 Å². The average Bonchev–Trinajstić information content (AvgIpc) is 3.12. The number of rotatable bonds is 4. The number of carbonyl (C=O) groups is 2. The van der Waals surface area contributed by atoms with Gasteiger partial charge < -0.3 is 15.7 Å². The number of carbonyl (C=O) groups excluding carboxylic acids is 1. The maximum atomic E-state index is 13.4. The van der Waals surface area contributed by atoms with Gasteiger partial charge in [-0.2, -0.15) is 0 Å². The molecule has 5 nitrogen and oxygen atoms in total. The average molecular weight is 331 g/mol. The van der Waals surface area contributed by atoms with Gasteiger partial charge in [-0.15, -0.1) is 0 Å². The SMILES string of the molecule is O=C(NCC1(C(=O)O)CC1)Nc1cc(Br)ccc1F. The van der Waals surface area contributed by atoms with Crippen LogP contribution in [0.15, 0.2) is 22.7 Å². The number of urea groups is 1. The Kier molecular flexibility index (Phi) is 3.75. The van der Waals surface area contributed by atoms with Crippen LogP contribution in [-0.4, -0.2) is 23.7 Å². The molecule has 0 unspecified atom stereocenters. The van der Waals surface area contributed by atoms with Crippen LogP contribution in [0, 0.1) is 11.2 Å². The Morgan fingerprint density at radius 3 is 2.68 bits per heavy atom. The highest BCUT2D eigenvalue weighted by Crippen LogP contribution is 2.45. The van der Waals surface area contributed by atoms with Crippen molar-refractivity contribution in [2.75, 3.05) is 11.9 Å². The number of carboxylic acid groups (broad SMARTS) is 1. The number of benzene rings is 1. The molecular weight excluding hydrogens is 319 g/mol. The highest BCUT2D eigenvalue weighted by atomic mass is 79.9. The lowest BCUT2D eigenvalue weighted by molar-refractivity contribution is -0.143. The third-order valence-corrected chi connectivity index (χ3v) is 3.56. The molecule has 0 saturated heterocycles. The molecule has 1 saturated carbocycles. The van der Waals surface area contributed by atoms with Crippen LogP contribution in [0.25, 0.3) is 0 Å². The van der Waals surface area contributed by atoms with Gasteiger partial charge in [0.05, 0.1) is 11.1 Å². The predicted molar refractivity (Wildman–Crippen MR) is 70.4 cm³/mol. The molecule has 7 heteroatoms. The summed E-state index contributed by atoms with van der Waals surface area (Å²) in [5.41, 5.74) is -0.806. The minimum absolute atomic E-state index is 0.0343. The Labute approximate surface area is 117 Å². The Balaban J connectivity index is 1.91. The Hall–Kier alpha value is -1.63. The number of anilines is 1. The summed E-state index contributed by atoms with van der Waals surface area (Å²) in [6, 6.07) is 3.55. The van der Waals surface area contributed by atoms with E-state index >= 15 is 0 Å². The van der Waals surface area contributed by atoms with Gasteiger partial charge in [-0.1, -0.05) is 15.9 Å². The number of hydrogen-bond donors (Lipinski definition) is 3. The monoisotopic (exact) mass is 330 g/mol. The van der Waals surface area contributed by atoms with Gasteiger partial charge in [-0.05, 0) is 31.0 Å². The first-order valence-corrected chi connectivity index (χ1v) is 6.46. The highest BCUT2D eigenvalue weighted by Gasteiger charge is 2.50. The second-order valence-corrected chi connectivity index (χ2v) is 5.43. The van der Waals surface area contributed by atoms with Crippen LogP contribution in [0.4, 0.5) is 14.9 Å². The van der Waals surface area contributed by atoms with E-state index in [2.05, 4.69) is 26.6 Å². The molecule has 0 aromatic heterocycles. The number of amides is 2. The normalized spacial score (nSPS) is 15.7. The summed E-state index contributed by atoms with van der Waals surface area (Å²) < 4.78 is 14.0. The zero-order chi connectivity index (χ0) is 14.0. The molecule has 2 rings (SSSR count). The number of aliphatic carboxylic acids is 1. The van der Waals surface area contributed by atoms with Gasteiger partial charge in [0.1, 0.15) is 5.82 Å². The van der Waals surface area contributed by atoms with Crippen LogP contribution in [0.5, 0.6) is 0 Å². The smallest absolute Gasteiger partial charge is 0.319 e. The van der Waals surface area contributed by atoms with Gasteiger partial charge in [0.25, 0.3) is 0 Å². The van der Waals surface area contributed by atoms with Crippen molar-refractivity contribution in [1.29, 1.82) is 0 Å². The van der Waals surface area contributed by atoms with Crippen LogP contribution in [0.2, 0.25) is 0 Å². The lowest BCUT2D eigenvalue weighted by Gasteiger charge is -2.12. The second kappa shape index (κ2) is 5.16. The molecule has 1 fully saturated rings. The van der Waals surface area contributed by atoms with Crippen LogP contribution in [-0.2, 0) is 4.79 Å². The molecule has 19 heavy (non-hydrogen) atoms. The van der Waals surface area contributed by atoms with E-state index in [4.69, 9.17) is 5.11 Å².